The second kappa shape index (κ2) is 3.08. The molecule has 0 spiro atoms. The van der Waals surface area contributed by atoms with Gasteiger partial charge in [-0.1, -0.05) is 26.0 Å². The van der Waals surface area contributed by atoms with E-state index in [9.17, 15) is 0 Å². The summed E-state index contributed by atoms with van der Waals surface area (Å²) in [6, 6.07) is 0. The summed E-state index contributed by atoms with van der Waals surface area (Å²) in [4.78, 5) is 0. The van der Waals surface area contributed by atoms with E-state index >= 15 is 0 Å². The molecular formula is C12H18. The topological polar surface area (TPSA) is 0 Å². The molecule has 2 aliphatic rings. The lowest BCUT2D eigenvalue weighted by atomic mass is 9.94. The monoisotopic (exact) mass is 162 g/mol. The summed E-state index contributed by atoms with van der Waals surface area (Å²) in [6.45, 7) is 4.70. The molecule has 0 heterocycles. The van der Waals surface area contributed by atoms with Gasteiger partial charge in [0, 0.05) is 0 Å². The Balaban J connectivity index is 2.13. The summed E-state index contributed by atoms with van der Waals surface area (Å²) in [6.07, 6.45) is 10.2. The van der Waals surface area contributed by atoms with E-state index in [1.54, 1.807) is 11.1 Å². The van der Waals surface area contributed by atoms with E-state index in [1.807, 2.05) is 0 Å². The zero-order valence-electron chi connectivity index (χ0n) is 8.14. The van der Waals surface area contributed by atoms with Crippen molar-refractivity contribution < 1.29 is 0 Å². The van der Waals surface area contributed by atoms with Crippen LogP contribution in [0.15, 0.2) is 23.3 Å². The lowest BCUT2D eigenvalue weighted by Gasteiger charge is -2.11. The van der Waals surface area contributed by atoms with Crippen molar-refractivity contribution in [2.45, 2.75) is 39.5 Å². The molecule has 66 valence electrons. The van der Waals surface area contributed by atoms with Crippen molar-refractivity contribution in [1.82, 2.24) is 0 Å². The molecule has 2 rings (SSSR count). The van der Waals surface area contributed by atoms with Gasteiger partial charge in [-0.15, -0.1) is 0 Å². The summed E-state index contributed by atoms with van der Waals surface area (Å²) in [5, 5.41) is 0. The lowest BCUT2D eigenvalue weighted by molar-refractivity contribution is 0.410. The molecule has 0 amide bonds. The molecule has 2 aliphatic carbocycles. The van der Waals surface area contributed by atoms with Crippen molar-refractivity contribution >= 4 is 0 Å². The van der Waals surface area contributed by atoms with Crippen LogP contribution in [-0.4, -0.2) is 0 Å². The van der Waals surface area contributed by atoms with Gasteiger partial charge < -0.3 is 0 Å². The van der Waals surface area contributed by atoms with E-state index in [2.05, 4.69) is 26.0 Å². The van der Waals surface area contributed by atoms with Gasteiger partial charge in [0.05, 0.1) is 0 Å². The maximum atomic E-state index is 2.46. The Hall–Kier alpha value is -0.520. The molecule has 1 fully saturated rings. The van der Waals surface area contributed by atoms with Gasteiger partial charge in [0.2, 0.25) is 0 Å². The Morgan fingerprint density at radius 2 is 1.58 bits per heavy atom. The van der Waals surface area contributed by atoms with Gasteiger partial charge in [0.1, 0.15) is 0 Å². The van der Waals surface area contributed by atoms with Crippen LogP contribution in [0, 0.1) is 11.8 Å². The van der Waals surface area contributed by atoms with Gasteiger partial charge in [-0.25, -0.2) is 0 Å². The highest BCUT2D eigenvalue weighted by molar-refractivity contribution is 5.38. The first-order valence-corrected chi connectivity index (χ1v) is 5.16. The van der Waals surface area contributed by atoms with Crippen molar-refractivity contribution in [3.8, 4) is 0 Å². The summed E-state index contributed by atoms with van der Waals surface area (Å²) in [5.74, 6) is 1.79. The zero-order chi connectivity index (χ0) is 8.55. The smallest absolute Gasteiger partial charge is 0.0245 e. The summed E-state index contributed by atoms with van der Waals surface area (Å²) >= 11 is 0. The number of rotatable bonds is 1. The first-order valence-electron chi connectivity index (χ1n) is 5.16. The van der Waals surface area contributed by atoms with Crippen molar-refractivity contribution in [1.29, 1.82) is 0 Å². The summed E-state index contributed by atoms with van der Waals surface area (Å²) < 4.78 is 0. The van der Waals surface area contributed by atoms with Gasteiger partial charge in [0.15, 0.2) is 0 Å². The van der Waals surface area contributed by atoms with Gasteiger partial charge in [0.25, 0.3) is 0 Å². The van der Waals surface area contributed by atoms with Gasteiger partial charge in [-0.05, 0) is 48.7 Å². The molecule has 0 aromatic rings. The van der Waals surface area contributed by atoms with Crippen LogP contribution in [0.1, 0.15) is 39.5 Å². The molecule has 0 nitrogen and oxygen atoms in total. The highest BCUT2D eigenvalue weighted by Crippen LogP contribution is 2.41. The molecular weight excluding hydrogens is 144 g/mol. The molecule has 0 saturated heterocycles. The maximum absolute atomic E-state index is 2.46. The fourth-order valence-electron chi connectivity index (χ4n) is 2.31. The first kappa shape index (κ1) is 8.10. The Bertz CT molecular complexity index is 208. The Labute approximate surface area is 75.4 Å². The van der Waals surface area contributed by atoms with Crippen molar-refractivity contribution in [3.63, 3.8) is 0 Å². The average molecular weight is 162 g/mol. The van der Waals surface area contributed by atoms with Crippen molar-refractivity contribution in [2.24, 2.45) is 11.8 Å². The quantitative estimate of drug-likeness (QED) is 0.551. The number of hydrogen-bond acceptors (Lipinski definition) is 0. The molecule has 0 atom stereocenters. The summed E-state index contributed by atoms with van der Waals surface area (Å²) in [5.41, 5.74) is 3.33. The van der Waals surface area contributed by atoms with Crippen molar-refractivity contribution in [3.05, 3.63) is 23.3 Å². The predicted octanol–water partition coefficient (Wildman–Crippen LogP) is 3.70. The van der Waals surface area contributed by atoms with Crippen LogP contribution >= 0.6 is 0 Å². The van der Waals surface area contributed by atoms with Gasteiger partial charge in [-0.3, -0.25) is 0 Å². The molecule has 12 heavy (non-hydrogen) atoms. The minimum absolute atomic E-state index is 0.859. The Morgan fingerprint density at radius 3 is 2.00 bits per heavy atom. The van der Waals surface area contributed by atoms with Crippen LogP contribution in [0.5, 0.6) is 0 Å². The fourth-order valence-corrected chi connectivity index (χ4v) is 2.31. The second-order valence-electron chi connectivity index (χ2n) is 4.45. The average Bonchev–Trinajstić information content (AvgIpc) is 2.46. The fraction of sp³-hybridized carbons (Fsp3) is 0.667. The lowest BCUT2D eigenvalue weighted by Crippen LogP contribution is -2.02. The SMILES string of the molecule is CC(C)C1CC2=CCCC=C2C1. The molecule has 0 heteroatoms. The normalized spacial score (nSPS) is 23.9. The standard InChI is InChI=1S/C12H18/c1-9(2)12-7-10-5-3-4-6-11(10)8-12/h5-6,9,12H,3-4,7-8H2,1-2H3. The Kier molecular flexibility index (Phi) is 2.08. The number of hydrogen-bond donors (Lipinski definition) is 0. The van der Waals surface area contributed by atoms with E-state index in [4.69, 9.17) is 0 Å². The van der Waals surface area contributed by atoms with E-state index < -0.39 is 0 Å². The predicted molar refractivity (Wildman–Crippen MR) is 53.0 cm³/mol. The van der Waals surface area contributed by atoms with Gasteiger partial charge >= 0.3 is 0 Å². The minimum Gasteiger partial charge on any atom is -0.0807 e. The van der Waals surface area contributed by atoms with E-state index in [0.29, 0.717) is 0 Å². The number of fused-ring (bicyclic) bond motifs is 1. The van der Waals surface area contributed by atoms with Crippen LogP contribution in [-0.2, 0) is 0 Å². The number of allylic oxidation sites excluding steroid dienone is 4. The van der Waals surface area contributed by atoms with Crippen LogP contribution in [0.2, 0.25) is 0 Å². The maximum Gasteiger partial charge on any atom is -0.0245 e. The van der Waals surface area contributed by atoms with E-state index in [0.717, 1.165) is 11.8 Å². The second-order valence-corrected chi connectivity index (χ2v) is 4.45. The molecule has 0 aromatic carbocycles. The first-order chi connectivity index (χ1) is 5.77. The van der Waals surface area contributed by atoms with Crippen LogP contribution in [0.25, 0.3) is 0 Å². The van der Waals surface area contributed by atoms with Gasteiger partial charge in [-0.2, -0.15) is 0 Å². The molecule has 1 saturated carbocycles. The third-order valence-corrected chi connectivity index (χ3v) is 3.27. The molecule has 0 aliphatic heterocycles. The minimum atomic E-state index is 0.859. The molecule has 0 unspecified atom stereocenters. The van der Waals surface area contributed by atoms with E-state index in [1.165, 1.54) is 25.7 Å². The largest absolute Gasteiger partial charge is 0.0807 e. The third-order valence-electron chi connectivity index (χ3n) is 3.27. The molecule has 0 bridgehead atoms. The molecule has 0 radical (unpaired) electrons. The van der Waals surface area contributed by atoms with Crippen LogP contribution in [0.3, 0.4) is 0 Å². The third kappa shape index (κ3) is 1.35. The van der Waals surface area contributed by atoms with Crippen LogP contribution < -0.4 is 0 Å². The highest BCUT2D eigenvalue weighted by atomic mass is 14.3. The molecule has 0 aromatic heterocycles. The molecule has 0 N–H and O–H groups in total. The van der Waals surface area contributed by atoms with E-state index in [-0.39, 0.29) is 0 Å². The van der Waals surface area contributed by atoms with Crippen molar-refractivity contribution in [2.75, 3.05) is 0 Å². The zero-order valence-corrected chi connectivity index (χ0v) is 8.14. The summed E-state index contributed by atoms with van der Waals surface area (Å²) in [7, 11) is 0. The Morgan fingerprint density at radius 1 is 1.08 bits per heavy atom. The highest BCUT2D eigenvalue weighted by Gasteiger charge is 2.26. The van der Waals surface area contributed by atoms with Crippen LogP contribution in [0.4, 0.5) is 0 Å².